The van der Waals surface area contributed by atoms with E-state index < -0.39 is 35.3 Å². The molecule has 38 heavy (non-hydrogen) atoms. The number of aliphatic hydroxyl groups is 1. The molecular weight excluding hydrogens is 511 g/mol. The SMILES string of the molecule is C=CCOc1ccc(C(O)=C2C(=O)C(=O)N(c3nc(C)c(C(=O)OCC)s3)[C@@H]2c2ccccc2F)cc1C. The molecule has 1 aromatic heterocycles. The fourth-order valence-electron chi connectivity index (χ4n) is 4.16. The minimum atomic E-state index is -1.33. The molecule has 4 rings (SSSR count). The number of anilines is 1. The number of carbonyl (C=O) groups is 3. The van der Waals surface area contributed by atoms with E-state index in [1.54, 1.807) is 51.1 Å². The van der Waals surface area contributed by atoms with E-state index in [1.807, 2.05) is 0 Å². The van der Waals surface area contributed by atoms with E-state index in [9.17, 15) is 19.5 Å². The fraction of sp³-hybridized carbons (Fsp3) is 0.214. The highest BCUT2D eigenvalue weighted by atomic mass is 32.1. The lowest BCUT2D eigenvalue weighted by Crippen LogP contribution is -2.29. The molecule has 1 saturated heterocycles. The molecule has 196 valence electrons. The van der Waals surface area contributed by atoms with Crippen molar-refractivity contribution in [2.24, 2.45) is 0 Å². The normalized spacial score (nSPS) is 16.5. The van der Waals surface area contributed by atoms with E-state index in [0.717, 1.165) is 16.2 Å². The van der Waals surface area contributed by atoms with Gasteiger partial charge in [-0.1, -0.05) is 42.2 Å². The molecule has 0 aliphatic carbocycles. The Morgan fingerprint density at radius 2 is 1.97 bits per heavy atom. The number of benzene rings is 2. The lowest BCUT2D eigenvalue weighted by Gasteiger charge is -2.23. The van der Waals surface area contributed by atoms with Gasteiger partial charge in [-0.3, -0.25) is 14.5 Å². The smallest absolute Gasteiger partial charge is 0.350 e. The summed E-state index contributed by atoms with van der Waals surface area (Å²) in [4.78, 5) is 44.5. The molecule has 8 nitrogen and oxygen atoms in total. The number of Topliss-reactive ketones (excluding diaryl/α,β-unsaturated/α-hetero) is 1. The van der Waals surface area contributed by atoms with Crippen LogP contribution in [0.5, 0.6) is 5.75 Å². The van der Waals surface area contributed by atoms with Crippen molar-refractivity contribution in [1.29, 1.82) is 0 Å². The number of ether oxygens (including phenoxy) is 2. The molecule has 0 saturated carbocycles. The number of aryl methyl sites for hydroxylation is 2. The van der Waals surface area contributed by atoms with Gasteiger partial charge in [0, 0.05) is 11.1 Å². The Balaban J connectivity index is 1.89. The Morgan fingerprint density at radius 1 is 1.24 bits per heavy atom. The van der Waals surface area contributed by atoms with Gasteiger partial charge >= 0.3 is 11.9 Å². The topological polar surface area (TPSA) is 106 Å². The van der Waals surface area contributed by atoms with Crippen molar-refractivity contribution in [3.63, 3.8) is 0 Å². The highest BCUT2D eigenvalue weighted by Crippen LogP contribution is 2.44. The first kappa shape index (κ1) is 26.7. The molecule has 1 amide bonds. The van der Waals surface area contributed by atoms with Gasteiger partial charge in [0.15, 0.2) is 5.13 Å². The molecule has 0 bridgehead atoms. The summed E-state index contributed by atoms with van der Waals surface area (Å²) in [6.07, 6.45) is 1.59. The number of ketones is 1. The first-order chi connectivity index (χ1) is 18.2. The van der Waals surface area contributed by atoms with Crippen LogP contribution < -0.4 is 9.64 Å². The summed E-state index contributed by atoms with van der Waals surface area (Å²) >= 11 is 0.852. The van der Waals surface area contributed by atoms with Crippen molar-refractivity contribution in [2.45, 2.75) is 26.8 Å². The van der Waals surface area contributed by atoms with Gasteiger partial charge in [-0.2, -0.15) is 0 Å². The molecule has 0 spiro atoms. The van der Waals surface area contributed by atoms with E-state index in [2.05, 4.69) is 11.6 Å². The number of thiazole rings is 1. The predicted molar refractivity (Wildman–Crippen MR) is 141 cm³/mol. The Labute approximate surface area is 222 Å². The molecule has 0 radical (unpaired) electrons. The van der Waals surface area contributed by atoms with E-state index in [-0.39, 0.29) is 39.9 Å². The Morgan fingerprint density at radius 3 is 2.63 bits per heavy atom. The van der Waals surface area contributed by atoms with Gasteiger partial charge in [0.25, 0.3) is 5.78 Å². The van der Waals surface area contributed by atoms with Gasteiger partial charge in [0.05, 0.1) is 17.9 Å². The van der Waals surface area contributed by atoms with E-state index in [1.165, 1.54) is 18.2 Å². The third-order valence-electron chi connectivity index (χ3n) is 5.90. The molecule has 3 aromatic rings. The standard InChI is InChI=1S/C28H25FN2O6S/c1-5-13-37-20-12-11-17(14-15(20)3)23(32)21-22(18-9-7-8-10-19(18)29)31(26(34)24(21)33)28-30-16(4)25(38-28)27(35)36-6-2/h5,7-12,14,22,32H,1,6,13H2,2-4H3/t22-/m1/s1. The van der Waals surface area contributed by atoms with Crippen LogP contribution in [0.15, 0.2) is 60.7 Å². The zero-order valence-corrected chi connectivity index (χ0v) is 21.8. The maximum Gasteiger partial charge on any atom is 0.350 e. The van der Waals surface area contributed by atoms with Gasteiger partial charge in [-0.05, 0) is 50.6 Å². The van der Waals surface area contributed by atoms with Crippen LogP contribution in [0.25, 0.3) is 5.76 Å². The largest absolute Gasteiger partial charge is 0.507 e. The first-order valence-corrected chi connectivity index (χ1v) is 12.6. The summed E-state index contributed by atoms with van der Waals surface area (Å²) in [5.41, 5.74) is 0.895. The quantitative estimate of drug-likeness (QED) is 0.138. The number of hydrogen-bond acceptors (Lipinski definition) is 8. The van der Waals surface area contributed by atoms with Crippen LogP contribution in [-0.2, 0) is 14.3 Å². The maximum absolute atomic E-state index is 15.1. The molecule has 2 heterocycles. The van der Waals surface area contributed by atoms with Gasteiger partial charge < -0.3 is 14.6 Å². The average molecular weight is 537 g/mol. The third-order valence-corrected chi connectivity index (χ3v) is 7.04. The fourth-order valence-corrected chi connectivity index (χ4v) is 5.14. The van der Waals surface area contributed by atoms with Crippen molar-refractivity contribution in [3.8, 4) is 5.75 Å². The van der Waals surface area contributed by atoms with Crippen LogP contribution in [0.4, 0.5) is 9.52 Å². The Hall–Kier alpha value is -4.31. The minimum Gasteiger partial charge on any atom is -0.507 e. The summed E-state index contributed by atoms with van der Waals surface area (Å²) in [6, 6.07) is 9.10. The van der Waals surface area contributed by atoms with Crippen molar-refractivity contribution < 1.29 is 33.4 Å². The number of carbonyl (C=O) groups excluding carboxylic acids is 3. The first-order valence-electron chi connectivity index (χ1n) is 11.7. The molecule has 1 aliphatic heterocycles. The Bertz CT molecular complexity index is 1480. The minimum absolute atomic E-state index is 0.00399. The number of hydrogen-bond donors (Lipinski definition) is 1. The van der Waals surface area contributed by atoms with Gasteiger partial charge in [-0.15, -0.1) is 0 Å². The van der Waals surface area contributed by atoms with Gasteiger partial charge in [0.1, 0.15) is 34.9 Å². The van der Waals surface area contributed by atoms with Crippen LogP contribution in [0.2, 0.25) is 0 Å². The molecule has 0 unspecified atom stereocenters. The maximum atomic E-state index is 15.1. The van der Waals surface area contributed by atoms with Crippen LogP contribution in [0.1, 0.15) is 45.0 Å². The summed E-state index contributed by atoms with van der Waals surface area (Å²) in [6.45, 7) is 9.03. The number of rotatable bonds is 8. The van der Waals surface area contributed by atoms with Crippen molar-refractivity contribution in [1.82, 2.24) is 4.98 Å². The Kier molecular flexibility index (Phi) is 7.72. The lowest BCUT2D eigenvalue weighted by atomic mass is 9.94. The van der Waals surface area contributed by atoms with Crippen LogP contribution in [0, 0.1) is 19.7 Å². The summed E-state index contributed by atoms with van der Waals surface area (Å²) < 4.78 is 25.7. The summed E-state index contributed by atoms with van der Waals surface area (Å²) in [5.74, 6) is -3.24. The number of nitrogens with zero attached hydrogens (tertiary/aromatic N) is 2. The number of aliphatic hydroxyl groups excluding tert-OH is 1. The molecule has 10 heteroatoms. The molecule has 1 atom stereocenters. The van der Waals surface area contributed by atoms with Gasteiger partial charge in [0.2, 0.25) is 0 Å². The zero-order valence-electron chi connectivity index (χ0n) is 21.0. The lowest BCUT2D eigenvalue weighted by molar-refractivity contribution is -0.132. The zero-order chi connectivity index (χ0) is 27.6. The molecule has 1 N–H and O–H groups in total. The van der Waals surface area contributed by atoms with E-state index >= 15 is 4.39 Å². The average Bonchev–Trinajstić information content (AvgIpc) is 3.40. The van der Waals surface area contributed by atoms with Crippen molar-refractivity contribution >= 4 is 39.9 Å². The van der Waals surface area contributed by atoms with Gasteiger partial charge in [-0.25, -0.2) is 14.2 Å². The molecule has 2 aromatic carbocycles. The second-order valence-corrected chi connectivity index (χ2v) is 9.38. The summed E-state index contributed by atoms with van der Waals surface area (Å²) in [7, 11) is 0. The van der Waals surface area contributed by atoms with E-state index in [4.69, 9.17) is 9.47 Å². The highest BCUT2D eigenvalue weighted by molar-refractivity contribution is 7.17. The second kappa shape index (κ2) is 11.0. The summed E-state index contributed by atoms with van der Waals surface area (Å²) in [5, 5.41) is 11.3. The van der Waals surface area contributed by atoms with Crippen molar-refractivity contribution in [3.05, 3.63) is 93.8 Å². The highest BCUT2D eigenvalue weighted by Gasteiger charge is 2.49. The third kappa shape index (κ3) is 4.82. The number of aromatic nitrogens is 1. The van der Waals surface area contributed by atoms with Crippen LogP contribution >= 0.6 is 11.3 Å². The van der Waals surface area contributed by atoms with Crippen molar-refractivity contribution in [2.75, 3.05) is 18.1 Å². The van der Waals surface area contributed by atoms with Crippen LogP contribution in [-0.4, -0.2) is 41.0 Å². The number of amides is 1. The predicted octanol–water partition coefficient (Wildman–Crippen LogP) is 5.27. The number of esters is 1. The number of halogens is 1. The molecular formula is C28H25FN2O6S. The molecule has 1 aliphatic rings. The van der Waals surface area contributed by atoms with E-state index in [0.29, 0.717) is 17.0 Å². The van der Waals surface area contributed by atoms with Crippen LogP contribution in [0.3, 0.4) is 0 Å². The molecule has 1 fully saturated rings. The second-order valence-electron chi connectivity index (χ2n) is 8.40. The monoisotopic (exact) mass is 536 g/mol.